The van der Waals surface area contributed by atoms with E-state index in [-0.39, 0.29) is 43.4 Å². The lowest BCUT2D eigenvalue weighted by Gasteiger charge is -2.32. The van der Waals surface area contributed by atoms with Crippen molar-refractivity contribution in [1.82, 2.24) is 14.6 Å². The van der Waals surface area contributed by atoms with E-state index >= 15 is 0 Å². The third kappa shape index (κ3) is 8.82. The monoisotopic (exact) mass is 545 g/mol. The molecule has 2 N–H and O–H groups in total. The third-order valence-electron chi connectivity index (χ3n) is 5.56. The van der Waals surface area contributed by atoms with Crippen molar-refractivity contribution in [3.8, 4) is 0 Å². The van der Waals surface area contributed by atoms with E-state index in [0.29, 0.717) is 10.6 Å². The number of nitrogens with one attached hydrogen (secondary N) is 1. The lowest BCUT2D eigenvalue weighted by molar-refractivity contribution is -0.00773. The highest BCUT2D eigenvalue weighted by Gasteiger charge is 2.34. The van der Waals surface area contributed by atoms with Gasteiger partial charge < -0.3 is 9.84 Å². The Morgan fingerprint density at radius 3 is 2.38 bits per heavy atom. The molecule has 198 valence electrons. The van der Waals surface area contributed by atoms with Crippen LogP contribution >= 0.6 is 11.6 Å². The number of pyridine rings is 1. The number of halogens is 1. The van der Waals surface area contributed by atoms with Gasteiger partial charge in [-0.2, -0.15) is 4.31 Å². The molecule has 1 unspecified atom stereocenters. The van der Waals surface area contributed by atoms with Gasteiger partial charge in [0.15, 0.2) is 0 Å². The van der Waals surface area contributed by atoms with Crippen molar-refractivity contribution in [1.29, 1.82) is 0 Å². The molecular formula is C27H32ClN3O5S. The summed E-state index contributed by atoms with van der Waals surface area (Å²) in [5.41, 5.74) is -0.298. The first kappa shape index (κ1) is 28.6. The molecule has 8 nitrogen and oxygen atoms in total. The number of hydrogen-bond donors (Lipinski definition) is 2. The number of sulfonamides is 1. The van der Waals surface area contributed by atoms with Crippen molar-refractivity contribution >= 4 is 27.7 Å². The molecule has 0 saturated heterocycles. The zero-order valence-electron chi connectivity index (χ0n) is 20.9. The van der Waals surface area contributed by atoms with E-state index in [1.54, 1.807) is 24.5 Å². The molecule has 1 aromatic heterocycles. The summed E-state index contributed by atoms with van der Waals surface area (Å²) in [5, 5.41) is 14.5. The molecule has 0 spiro atoms. The molecule has 0 aliphatic carbocycles. The van der Waals surface area contributed by atoms with Gasteiger partial charge in [-0.3, -0.25) is 10.3 Å². The fourth-order valence-electron chi connectivity index (χ4n) is 3.77. The van der Waals surface area contributed by atoms with E-state index in [1.165, 1.54) is 28.6 Å². The number of benzene rings is 2. The van der Waals surface area contributed by atoms with Gasteiger partial charge >= 0.3 is 6.09 Å². The fourth-order valence-corrected chi connectivity index (χ4v) is 5.50. The Kier molecular flexibility index (Phi) is 10.0. The lowest BCUT2D eigenvalue weighted by Crippen LogP contribution is -2.52. The summed E-state index contributed by atoms with van der Waals surface area (Å²) in [4.78, 5) is 16.7. The van der Waals surface area contributed by atoms with E-state index in [0.717, 1.165) is 5.56 Å². The number of ether oxygens (including phenoxy) is 1. The number of hydrogen-bond acceptors (Lipinski definition) is 6. The van der Waals surface area contributed by atoms with Crippen LogP contribution in [0.3, 0.4) is 0 Å². The van der Waals surface area contributed by atoms with E-state index in [2.05, 4.69) is 10.3 Å². The van der Waals surface area contributed by atoms with Crippen LogP contribution in [-0.4, -0.2) is 47.7 Å². The molecule has 1 heterocycles. The quantitative estimate of drug-likeness (QED) is 0.321. The average molecular weight is 546 g/mol. The average Bonchev–Trinajstić information content (AvgIpc) is 2.86. The Hall–Kier alpha value is -2.98. The molecular weight excluding hydrogens is 514 g/mol. The van der Waals surface area contributed by atoms with Crippen LogP contribution in [0.2, 0.25) is 5.02 Å². The largest absolute Gasteiger partial charge is 0.445 e. The van der Waals surface area contributed by atoms with E-state index in [9.17, 15) is 18.3 Å². The predicted octanol–water partition coefficient (Wildman–Crippen LogP) is 4.63. The number of nitrogens with zero attached hydrogens (tertiary/aromatic N) is 2. The normalized spacial score (nSPS) is 13.4. The van der Waals surface area contributed by atoms with Crippen LogP contribution in [-0.2, 0) is 27.8 Å². The highest BCUT2D eigenvalue weighted by Crippen LogP contribution is 2.23. The van der Waals surface area contributed by atoms with Gasteiger partial charge in [0.2, 0.25) is 10.0 Å². The predicted molar refractivity (Wildman–Crippen MR) is 142 cm³/mol. The maximum atomic E-state index is 13.4. The van der Waals surface area contributed by atoms with Crippen LogP contribution in [0.1, 0.15) is 31.4 Å². The molecule has 1 amide bonds. The van der Waals surface area contributed by atoms with Gasteiger partial charge in [-0.05, 0) is 41.8 Å². The first-order valence-electron chi connectivity index (χ1n) is 11.9. The van der Waals surface area contributed by atoms with E-state index in [4.69, 9.17) is 16.3 Å². The molecule has 0 radical (unpaired) electrons. The van der Waals surface area contributed by atoms with Crippen molar-refractivity contribution in [3.63, 3.8) is 0 Å². The van der Waals surface area contributed by atoms with E-state index < -0.39 is 21.8 Å². The molecule has 0 saturated carbocycles. The molecule has 0 aliphatic heterocycles. The Morgan fingerprint density at radius 2 is 1.76 bits per heavy atom. The minimum Gasteiger partial charge on any atom is -0.445 e. The zero-order chi connectivity index (χ0) is 26.9. The molecule has 37 heavy (non-hydrogen) atoms. The molecule has 0 aliphatic rings. The van der Waals surface area contributed by atoms with Gasteiger partial charge in [0.05, 0.1) is 4.90 Å². The fraction of sp³-hybridized carbons (Fsp3) is 0.333. The number of aromatic nitrogens is 1. The summed E-state index contributed by atoms with van der Waals surface area (Å²) in [6, 6.07) is 18.6. The number of amides is 1. The van der Waals surface area contributed by atoms with Crippen molar-refractivity contribution in [2.24, 2.45) is 5.92 Å². The maximum Gasteiger partial charge on any atom is 0.409 e. The second-order valence-electron chi connectivity index (χ2n) is 9.22. The van der Waals surface area contributed by atoms with Crippen molar-refractivity contribution in [2.75, 3.05) is 13.1 Å². The van der Waals surface area contributed by atoms with Crippen LogP contribution in [0.15, 0.2) is 84.0 Å². The zero-order valence-corrected chi connectivity index (χ0v) is 22.5. The number of rotatable bonds is 12. The standard InChI is InChI=1S/C27H32ClN3O5S/c1-21(2)19-31(37(34,35)25-12-10-24(28)11-13-25)16-14-27(33,17-22-7-4-3-5-8-22)30-26(32)36-20-23-9-6-15-29-18-23/h3-13,15,18,21,33H,14,16-17,19-20H2,1-2H3,(H,30,32). The van der Waals surface area contributed by atoms with Crippen molar-refractivity contribution < 1.29 is 23.1 Å². The molecule has 1 atom stereocenters. The first-order chi connectivity index (χ1) is 17.6. The second-order valence-corrected chi connectivity index (χ2v) is 11.6. The van der Waals surface area contributed by atoms with Gasteiger partial charge in [0.25, 0.3) is 0 Å². The Morgan fingerprint density at radius 1 is 1.08 bits per heavy atom. The molecule has 0 fully saturated rings. The number of carbonyl (C=O) groups excluding carboxylic acids is 1. The Labute approximate surface area is 223 Å². The lowest BCUT2D eigenvalue weighted by atomic mass is 9.99. The summed E-state index contributed by atoms with van der Waals surface area (Å²) in [6.45, 7) is 4.00. The van der Waals surface area contributed by atoms with Gasteiger partial charge in [-0.25, -0.2) is 13.2 Å². The summed E-state index contributed by atoms with van der Waals surface area (Å²) in [6.07, 6.45) is 2.37. The van der Waals surface area contributed by atoms with Gasteiger partial charge in [0, 0.05) is 48.9 Å². The van der Waals surface area contributed by atoms with Gasteiger partial charge in [-0.15, -0.1) is 0 Å². The van der Waals surface area contributed by atoms with Crippen LogP contribution in [0.4, 0.5) is 4.79 Å². The Balaban J connectivity index is 1.79. The molecule has 2 aromatic carbocycles. The molecule has 3 aromatic rings. The highest BCUT2D eigenvalue weighted by molar-refractivity contribution is 7.89. The minimum absolute atomic E-state index is 0.0223. The van der Waals surface area contributed by atoms with Crippen molar-refractivity contribution in [3.05, 3.63) is 95.3 Å². The van der Waals surface area contributed by atoms with Crippen molar-refractivity contribution in [2.45, 2.75) is 43.9 Å². The van der Waals surface area contributed by atoms with Crippen LogP contribution in [0.25, 0.3) is 0 Å². The first-order valence-corrected chi connectivity index (χ1v) is 13.7. The van der Waals surface area contributed by atoms with Crippen LogP contribution in [0.5, 0.6) is 0 Å². The summed E-state index contributed by atoms with van der Waals surface area (Å²) >= 11 is 5.94. The highest BCUT2D eigenvalue weighted by atomic mass is 35.5. The van der Waals surface area contributed by atoms with Gasteiger partial charge in [0.1, 0.15) is 12.3 Å². The van der Waals surface area contributed by atoms with Crippen LogP contribution in [0, 0.1) is 5.92 Å². The molecule has 3 rings (SSSR count). The van der Waals surface area contributed by atoms with Gasteiger partial charge in [-0.1, -0.05) is 61.8 Å². The topological polar surface area (TPSA) is 109 Å². The number of alkyl carbamates (subject to hydrolysis) is 1. The van der Waals surface area contributed by atoms with E-state index in [1.807, 2.05) is 44.2 Å². The SMILES string of the molecule is CC(C)CN(CCC(O)(Cc1ccccc1)NC(=O)OCc1cccnc1)S(=O)(=O)c1ccc(Cl)cc1. The summed E-state index contributed by atoms with van der Waals surface area (Å²) < 4.78 is 33.4. The minimum atomic E-state index is -3.87. The number of aliphatic hydroxyl groups is 1. The maximum absolute atomic E-state index is 13.4. The molecule has 0 bridgehead atoms. The van der Waals surface area contributed by atoms with Crippen LogP contribution < -0.4 is 5.32 Å². The number of carbonyl (C=O) groups is 1. The summed E-state index contributed by atoms with van der Waals surface area (Å²) in [7, 11) is -3.87. The smallest absolute Gasteiger partial charge is 0.409 e. The second kappa shape index (κ2) is 13.0. The summed E-state index contributed by atoms with van der Waals surface area (Å²) in [5.74, 6) is 0.0293. The third-order valence-corrected chi connectivity index (χ3v) is 7.69. The Bertz CT molecular complexity index is 1240. The molecule has 10 heteroatoms.